The highest BCUT2D eigenvalue weighted by atomic mass is 16.5. The molecule has 4 nitrogen and oxygen atoms in total. The van der Waals surface area contributed by atoms with Crippen molar-refractivity contribution in [2.75, 3.05) is 19.7 Å². The molecule has 4 heteroatoms. The van der Waals surface area contributed by atoms with Crippen LogP contribution in [0, 0.1) is 17.8 Å². The Bertz CT molecular complexity index is 327. The molecule has 1 aliphatic heterocycles. The summed E-state index contributed by atoms with van der Waals surface area (Å²) in [4.78, 5) is 14.2. The maximum Gasteiger partial charge on any atom is 0.317 e. The number of hydrogen-bond acceptors (Lipinski definition) is 2. The first-order chi connectivity index (χ1) is 9.16. The largest absolute Gasteiger partial charge is 0.375 e. The molecular weight excluding hydrogens is 240 g/mol. The Labute approximate surface area is 115 Å². The average Bonchev–Trinajstić information content (AvgIpc) is 3.26. The van der Waals surface area contributed by atoms with Crippen LogP contribution in [0.3, 0.4) is 0 Å². The summed E-state index contributed by atoms with van der Waals surface area (Å²) in [6, 6.07) is 0.281. The minimum Gasteiger partial charge on any atom is -0.375 e. The van der Waals surface area contributed by atoms with Gasteiger partial charge in [-0.3, -0.25) is 0 Å². The summed E-state index contributed by atoms with van der Waals surface area (Å²) in [6.07, 6.45) is 5.65. The first-order valence-electron chi connectivity index (χ1n) is 7.83. The summed E-state index contributed by atoms with van der Waals surface area (Å²) in [6.45, 7) is 6.37. The highest BCUT2D eigenvalue weighted by Gasteiger charge is 2.41. The topological polar surface area (TPSA) is 41.6 Å². The smallest absolute Gasteiger partial charge is 0.317 e. The van der Waals surface area contributed by atoms with Gasteiger partial charge in [0.25, 0.3) is 0 Å². The molecule has 0 aromatic heterocycles. The van der Waals surface area contributed by atoms with Crippen molar-refractivity contribution >= 4 is 6.03 Å². The number of morpholine rings is 1. The average molecular weight is 266 g/mol. The Hall–Kier alpha value is -0.770. The van der Waals surface area contributed by atoms with Gasteiger partial charge in [0, 0.05) is 13.1 Å². The van der Waals surface area contributed by atoms with Crippen molar-refractivity contribution in [3.8, 4) is 0 Å². The second kappa shape index (κ2) is 5.31. The minimum absolute atomic E-state index is 0.106. The lowest BCUT2D eigenvalue weighted by Gasteiger charge is -2.38. The van der Waals surface area contributed by atoms with Crippen molar-refractivity contribution in [3.05, 3.63) is 0 Å². The zero-order valence-electron chi connectivity index (χ0n) is 12.1. The van der Waals surface area contributed by atoms with E-state index in [4.69, 9.17) is 4.74 Å². The summed E-state index contributed by atoms with van der Waals surface area (Å²) in [5, 5.41) is 3.18. The monoisotopic (exact) mass is 266 g/mol. The molecule has 2 atom stereocenters. The first-order valence-corrected chi connectivity index (χ1v) is 7.83. The lowest BCUT2D eigenvalue weighted by molar-refractivity contribution is -0.0377. The van der Waals surface area contributed by atoms with E-state index in [9.17, 15) is 4.79 Å². The Morgan fingerprint density at radius 3 is 2.47 bits per heavy atom. The number of ether oxygens (including phenoxy) is 1. The van der Waals surface area contributed by atoms with E-state index in [0.717, 1.165) is 30.8 Å². The molecule has 0 unspecified atom stereocenters. The molecule has 0 aromatic carbocycles. The Morgan fingerprint density at radius 2 is 1.89 bits per heavy atom. The number of carbonyl (C=O) groups excluding carboxylic acids is 1. The molecular formula is C15H26N2O2. The molecule has 0 aromatic rings. The SMILES string of the molecule is C[C@@H]1OCCN(C(=O)NCC(C2CC2)C2CC2)[C@@H]1C. The molecule has 1 heterocycles. The van der Waals surface area contributed by atoms with Gasteiger partial charge in [-0.2, -0.15) is 0 Å². The van der Waals surface area contributed by atoms with Gasteiger partial charge in [0.1, 0.15) is 0 Å². The van der Waals surface area contributed by atoms with E-state index >= 15 is 0 Å². The third-order valence-electron chi connectivity index (χ3n) is 5.09. The number of nitrogens with zero attached hydrogens (tertiary/aromatic N) is 1. The minimum atomic E-state index is 0.106. The van der Waals surface area contributed by atoms with Gasteiger partial charge in [-0.05, 0) is 57.3 Å². The van der Waals surface area contributed by atoms with E-state index in [-0.39, 0.29) is 18.2 Å². The van der Waals surface area contributed by atoms with E-state index < -0.39 is 0 Å². The fourth-order valence-electron chi connectivity index (χ4n) is 3.29. The van der Waals surface area contributed by atoms with E-state index in [1.165, 1.54) is 25.7 Å². The molecule has 2 saturated carbocycles. The van der Waals surface area contributed by atoms with Crippen LogP contribution in [0.2, 0.25) is 0 Å². The highest BCUT2D eigenvalue weighted by molar-refractivity contribution is 5.74. The molecule has 3 rings (SSSR count). The van der Waals surface area contributed by atoms with Gasteiger partial charge in [0.15, 0.2) is 0 Å². The van der Waals surface area contributed by atoms with Gasteiger partial charge in [-0.15, -0.1) is 0 Å². The predicted octanol–water partition coefficient (Wildman–Crippen LogP) is 2.24. The lowest BCUT2D eigenvalue weighted by atomic mass is 9.98. The standard InChI is InChI=1S/C15H26N2O2/c1-10-11(2)19-8-7-17(10)15(18)16-9-14(12-3-4-12)13-5-6-13/h10-14H,3-9H2,1-2H3,(H,16,18)/t10-,11+/m1/s1. The molecule has 3 aliphatic rings. The van der Waals surface area contributed by atoms with Crippen LogP contribution < -0.4 is 5.32 Å². The number of nitrogens with one attached hydrogen (secondary N) is 1. The highest BCUT2D eigenvalue weighted by Crippen LogP contribution is 2.48. The van der Waals surface area contributed by atoms with Gasteiger partial charge >= 0.3 is 6.03 Å². The Kier molecular flexibility index (Phi) is 3.70. The first kappa shape index (κ1) is 13.2. The number of amides is 2. The molecule has 3 fully saturated rings. The van der Waals surface area contributed by atoms with Gasteiger partial charge in [0.2, 0.25) is 0 Å². The van der Waals surface area contributed by atoms with E-state index in [1.807, 2.05) is 11.8 Å². The second-order valence-electron chi connectivity index (χ2n) is 6.53. The summed E-state index contributed by atoms with van der Waals surface area (Å²) in [7, 11) is 0. The molecule has 2 aliphatic carbocycles. The van der Waals surface area contributed by atoms with E-state index in [0.29, 0.717) is 6.61 Å². The summed E-state index contributed by atoms with van der Waals surface area (Å²) < 4.78 is 5.57. The van der Waals surface area contributed by atoms with Crippen LogP contribution in [0.25, 0.3) is 0 Å². The molecule has 0 radical (unpaired) electrons. The number of urea groups is 1. The molecule has 2 amide bonds. The zero-order valence-corrected chi connectivity index (χ0v) is 12.1. The van der Waals surface area contributed by atoms with Crippen molar-refractivity contribution in [2.24, 2.45) is 17.8 Å². The van der Waals surface area contributed by atoms with Gasteiger partial charge in [-0.25, -0.2) is 4.79 Å². The van der Waals surface area contributed by atoms with Crippen molar-refractivity contribution in [1.29, 1.82) is 0 Å². The van der Waals surface area contributed by atoms with Crippen LogP contribution in [0.5, 0.6) is 0 Å². The van der Waals surface area contributed by atoms with Gasteiger partial charge in [-0.1, -0.05) is 0 Å². The van der Waals surface area contributed by atoms with E-state index in [2.05, 4.69) is 12.2 Å². The molecule has 19 heavy (non-hydrogen) atoms. The maximum atomic E-state index is 12.3. The summed E-state index contributed by atoms with van der Waals surface area (Å²) >= 11 is 0. The number of hydrogen-bond donors (Lipinski definition) is 1. The molecule has 108 valence electrons. The quantitative estimate of drug-likeness (QED) is 0.848. The van der Waals surface area contributed by atoms with Crippen molar-refractivity contribution in [3.63, 3.8) is 0 Å². The van der Waals surface area contributed by atoms with Crippen LogP contribution in [0.15, 0.2) is 0 Å². The van der Waals surface area contributed by atoms with E-state index in [1.54, 1.807) is 0 Å². The maximum absolute atomic E-state index is 12.3. The second-order valence-corrected chi connectivity index (χ2v) is 6.53. The normalized spacial score (nSPS) is 31.6. The van der Waals surface area contributed by atoms with Crippen LogP contribution in [0.4, 0.5) is 4.79 Å². The molecule has 1 N–H and O–H groups in total. The van der Waals surface area contributed by atoms with Gasteiger partial charge in [0.05, 0.1) is 18.8 Å². The molecule has 1 saturated heterocycles. The van der Waals surface area contributed by atoms with Crippen LogP contribution in [-0.2, 0) is 4.74 Å². The summed E-state index contributed by atoms with van der Waals surface area (Å²) in [5.74, 6) is 2.54. The third kappa shape index (κ3) is 3.04. The number of rotatable bonds is 4. The van der Waals surface area contributed by atoms with Crippen molar-refractivity contribution < 1.29 is 9.53 Å². The Morgan fingerprint density at radius 1 is 1.26 bits per heavy atom. The molecule has 0 bridgehead atoms. The lowest BCUT2D eigenvalue weighted by Crippen LogP contribution is -2.55. The van der Waals surface area contributed by atoms with Crippen LogP contribution in [-0.4, -0.2) is 42.8 Å². The Balaban J connectivity index is 1.49. The van der Waals surface area contributed by atoms with Crippen molar-refractivity contribution in [1.82, 2.24) is 10.2 Å². The van der Waals surface area contributed by atoms with Crippen LogP contribution in [0.1, 0.15) is 39.5 Å². The predicted molar refractivity (Wildman–Crippen MR) is 73.9 cm³/mol. The summed E-state index contributed by atoms with van der Waals surface area (Å²) in [5.41, 5.74) is 0. The van der Waals surface area contributed by atoms with Crippen molar-refractivity contribution in [2.45, 2.75) is 51.7 Å². The fraction of sp³-hybridized carbons (Fsp3) is 0.933. The van der Waals surface area contributed by atoms with Gasteiger partial charge < -0.3 is 15.0 Å². The molecule has 0 spiro atoms. The van der Waals surface area contributed by atoms with Crippen LogP contribution >= 0.6 is 0 Å². The fourth-order valence-corrected chi connectivity index (χ4v) is 3.29. The third-order valence-corrected chi connectivity index (χ3v) is 5.09. The number of carbonyl (C=O) groups is 1. The zero-order chi connectivity index (χ0) is 13.4.